The lowest BCUT2D eigenvalue weighted by molar-refractivity contribution is -0.0233. The average molecular weight is 396 g/mol. The Morgan fingerprint density at radius 3 is 2.69 bits per heavy atom. The monoisotopic (exact) mass is 395 g/mol. The number of hydrogen-bond donors (Lipinski definition) is 0. The van der Waals surface area contributed by atoms with Crippen LogP contribution in [0.4, 0.5) is 0 Å². The highest BCUT2D eigenvalue weighted by Crippen LogP contribution is 2.54. The fourth-order valence-electron chi connectivity index (χ4n) is 3.58. The fraction of sp³-hybridized carbons (Fsp3) is 0.500. The molecule has 29 heavy (non-hydrogen) atoms. The number of nitrogens with zero attached hydrogens (tertiary/aromatic N) is 3. The van der Waals surface area contributed by atoms with E-state index >= 15 is 0 Å². The Kier molecular flexibility index (Phi) is 6.58. The van der Waals surface area contributed by atoms with Crippen LogP contribution in [0.3, 0.4) is 0 Å². The van der Waals surface area contributed by atoms with Gasteiger partial charge in [-0.05, 0) is 44.6 Å². The minimum Gasteiger partial charge on any atom is -0.473 e. The maximum atomic E-state index is 6.19. The van der Waals surface area contributed by atoms with Crippen LogP contribution in [0.1, 0.15) is 51.8 Å². The van der Waals surface area contributed by atoms with Crippen LogP contribution < -0.4 is 0 Å². The molecule has 2 fully saturated rings. The van der Waals surface area contributed by atoms with E-state index in [1.54, 1.807) is 6.08 Å². The average Bonchev–Trinajstić information content (AvgIpc) is 3.42. The van der Waals surface area contributed by atoms with Crippen molar-refractivity contribution in [2.75, 3.05) is 13.2 Å². The van der Waals surface area contributed by atoms with Crippen LogP contribution in [0, 0.1) is 11.3 Å². The molecule has 0 radical (unpaired) electrons. The normalized spacial score (nSPS) is 21.1. The molecule has 1 saturated carbocycles. The van der Waals surface area contributed by atoms with Gasteiger partial charge in [-0.25, -0.2) is 9.98 Å². The Balaban J connectivity index is 1.95. The van der Waals surface area contributed by atoms with Crippen LogP contribution in [-0.2, 0) is 9.47 Å². The summed E-state index contributed by atoms with van der Waals surface area (Å²) in [6, 6.07) is 0.337. The van der Waals surface area contributed by atoms with E-state index < -0.39 is 0 Å². The second kappa shape index (κ2) is 8.95. The maximum absolute atomic E-state index is 6.19. The molecular weight excluding hydrogens is 362 g/mol. The molecule has 0 N–H and O–H groups in total. The molecule has 3 rings (SSSR count). The zero-order valence-corrected chi connectivity index (χ0v) is 17.9. The lowest BCUT2D eigenvalue weighted by Gasteiger charge is -2.32. The summed E-state index contributed by atoms with van der Waals surface area (Å²) in [6.07, 6.45) is 12.8. The topological polar surface area (TPSA) is 48.6 Å². The molecule has 0 amide bonds. The smallest absolute Gasteiger partial charge is 0.242 e. The van der Waals surface area contributed by atoms with E-state index in [1.165, 1.54) is 0 Å². The first-order valence-electron chi connectivity index (χ1n) is 10.5. The molecule has 2 unspecified atom stereocenters. The second-order valence-corrected chi connectivity index (χ2v) is 8.14. The Morgan fingerprint density at radius 2 is 2.17 bits per heavy atom. The van der Waals surface area contributed by atoms with Crippen molar-refractivity contribution in [3.8, 4) is 0 Å². The van der Waals surface area contributed by atoms with E-state index in [4.69, 9.17) is 14.5 Å². The lowest BCUT2D eigenvalue weighted by atomic mass is 9.74. The molecule has 2 atom stereocenters. The van der Waals surface area contributed by atoms with Crippen LogP contribution in [0.2, 0.25) is 0 Å². The van der Waals surface area contributed by atoms with Crippen molar-refractivity contribution < 1.29 is 9.47 Å². The van der Waals surface area contributed by atoms with Gasteiger partial charge >= 0.3 is 0 Å². The molecule has 5 heteroatoms. The molecule has 2 aliphatic rings. The zero-order valence-electron chi connectivity index (χ0n) is 17.9. The first-order valence-corrected chi connectivity index (χ1v) is 10.5. The molecule has 5 nitrogen and oxygen atoms in total. The van der Waals surface area contributed by atoms with E-state index in [2.05, 4.69) is 43.1 Å². The minimum absolute atomic E-state index is 0.0357. The van der Waals surface area contributed by atoms with Gasteiger partial charge in [-0.1, -0.05) is 44.9 Å². The maximum Gasteiger partial charge on any atom is 0.242 e. The van der Waals surface area contributed by atoms with Crippen LogP contribution in [0.25, 0.3) is 0 Å². The van der Waals surface area contributed by atoms with Crippen molar-refractivity contribution in [3.63, 3.8) is 0 Å². The molecule has 1 aliphatic heterocycles. The van der Waals surface area contributed by atoms with Crippen molar-refractivity contribution in [1.29, 1.82) is 0 Å². The highest BCUT2D eigenvalue weighted by molar-refractivity contribution is 5.93. The Morgan fingerprint density at radius 1 is 1.45 bits per heavy atom. The van der Waals surface area contributed by atoms with E-state index in [9.17, 15) is 0 Å². The van der Waals surface area contributed by atoms with Crippen molar-refractivity contribution in [2.24, 2.45) is 16.3 Å². The Labute approximate surface area is 174 Å². The minimum atomic E-state index is -0.301. The molecular formula is C24H33N3O2. The standard InChI is InChI=1S/C24H33N3O2/c1-7-10-19(9-3)24(6,20-11-12-20)18(5)26-23(29-17(4)8-2)22-13-27(16-25-22)21-14-28-15-21/h7,9-10,13,16-17,20-21H,1,3,5,8,11-12,14-15H2,2,4,6H3. The summed E-state index contributed by atoms with van der Waals surface area (Å²) in [5.74, 6) is 1.02. The summed E-state index contributed by atoms with van der Waals surface area (Å²) in [6.45, 7) is 20.0. The molecule has 2 heterocycles. The number of ether oxygens (including phenoxy) is 2. The number of hydrogen-bond acceptors (Lipinski definition) is 4. The lowest BCUT2D eigenvalue weighted by Crippen LogP contribution is -2.29. The summed E-state index contributed by atoms with van der Waals surface area (Å²) in [5, 5.41) is 0. The predicted octanol–water partition coefficient (Wildman–Crippen LogP) is 5.24. The Bertz CT molecular complexity index is 827. The van der Waals surface area contributed by atoms with Gasteiger partial charge in [0, 0.05) is 17.3 Å². The van der Waals surface area contributed by atoms with Crippen molar-refractivity contribution in [2.45, 2.75) is 52.2 Å². The first-order chi connectivity index (χ1) is 13.9. The van der Waals surface area contributed by atoms with E-state index in [0.29, 0.717) is 17.9 Å². The van der Waals surface area contributed by atoms with Crippen molar-refractivity contribution in [3.05, 3.63) is 67.5 Å². The third-order valence-corrected chi connectivity index (χ3v) is 6.10. The molecule has 0 aromatic carbocycles. The predicted molar refractivity (Wildman–Crippen MR) is 118 cm³/mol. The first kappa shape index (κ1) is 21.3. The van der Waals surface area contributed by atoms with Gasteiger partial charge in [-0.2, -0.15) is 0 Å². The summed E-state index contributed by atoms with van der Waals surface area (Å²) < 4.78 is 13.6. The molecule has 1 aliphatic carbocycles. The molecule has 156 valence electrons. The third-order valence-electron chi connectivity index (χ3n) is 6.10. The van der Waals surface area contributed by atoms with Crippen LogP contribution >= 0.6 is 0 Å². The number of imidazole rings is 1. The van der Waals surface area contributed by atoms with Gasteiger partial charge in [0.05, 0.1) is 31.7 Å². The zero-order chi connectivity index (χ0) is 21.0. The SMILES string of the molecule is C=CC=C(C=C)C(C)(C(=C)N=C(OC(C)CC)c1cn(C2COC2)cn1)C1CC1. The number of aliphatic imine (C=N–C) groups is 1. The van der Waals surface area contributed by atoms with E-state index in [1.807, 2.05) is 31.6 Å². The summed E-state index contributed by atoms with van der Waals surface area (Å²) in [5.41, 5.74) is 2.28. The molecule has 0 spiro atoms. The van der Waals surface area contributed by atoms with Gasteiger partial charge in [-0.3, -0.25) is 0 Å². The largest absolute Gasteiger partial charge is 0.473 e. The van der Waals surface area contributed by atoms with Crippen LogP contribution in [0.15, 0.2) is 66.8 Å². The van der Waals surface area contributed by atoms with Gasteiger partial charge in [0.25, 0.3) is 0 Å². The number of allylic oxidation sites excluding steroid dienone is 4. The molecule has 1 aromatic rings. The Hall–Kier alpha value is -2.40. The molecule has 1 saturated heterocycles. The number of aromatic nitrogens is 2. The summed E-state index contributed by atoms with van der Waals surface area (Å²) in [7, 11) is 0. The molecule has 0 bridgehead atoms. The van der Waals surface area contributed by atoms with Gasteiger partial charge in [0.1, 0.15) is 5.69 Å². The van der Waals surface area contributed by atoms with E-state index in [0.717, 1.165) is 49.4 Å². The van der Waals surface area contributed by atoms with Crippen molar-refractivity contribution in [1.82, 2.24) is 9.55 Å². The van der Waals surface area contributed by atoms with Gasteiger partial charge in [-0.15, -0.1) is 0 Å². The van der Waals surface area contributed by atoms with Crippen molar-refractivity contribution >= 4 is 5.90 Å². The highest BCUT2D eigenvalue weighted by atomic mass is 16.5. The van der Waals surface area contributed by atoms with Crippen LogP contribution in [0.5, 0.6) is 0 Å². The quantitative estimate of drug-likeness (QED) is 0.309. The van der Waals surface area contributed by atoms with Gasteiger partial charge in [0.2, 0.25) is 5.90 Å². The third kappa shape index (κ3) is 4.45. The fourth-order valence-corrected chi connectivity index (χ4v) is 3.58. The van der Waals surface area contributed by atoms with Gasteiger partial charge in [0.15, 0.2) is 0 Å². The van der Waals surface area contributed by atoms with Gasteiger partial charge < -0.3 is 14.0 Å². The second-order valence-electron chi connectivity index (χ2n) is 8.14. The van der Waals surface area contributed by atoms with Crippen LogP contribution in [-0.4, -0.2) is 34.8 Å². The number of rotatable bonds is 10. The highest BCUT2D eigenvalue weighted by Gasteiger charge is 2.45. The van der Waals surface area contributed by atoms with E-state index in [-0.39, 0.29) is 11.5 Å². The summed E-state index contributed by atoms with van der Waals surface area (Å²) in [4.78, 5) is 9.47. The molecule has 1 aromatic heterocycles. The summed E-state index contributed by atoms with van der Waals surface area (Å²) >= 11 is 0.